The number of rotatable bonds is 4. The van der Waals surface area contributed by atoms with Crippen molar-refractivity contribution in [2.75, 3.05) is 0 Å². The molecule has 1 heteroatoms. The first-order valence-corrected chi connectivity index (χ1v) is 6.42. The van der Waals surface area contributed by atoms with Crippen molar-refractivity contribution in [1.82, 2.24) is 0 Å². The van der Waals surface area contributed by atoms with Gasteiger partial charge in [-0.1, -0.05) is 26.7 Å². The summed E-state index contributed by atoms with van der Waals surface area (Å²) in [5.41, 5.74) is 0. The zero-order valence-corrected chi connectivity index (χ0v) is 14.5. The molecule has 0 aromatic rings. The summed E-state index contributed by atoms with van der Waals surface area (Å²) in [7, 11) is 0. The van der Waals surface area contributed by atoms with E-state index in [0.29, 0.717) is 0 Å². The van der Waals surface area contributed by atoms with Crippen LogP contribution in [-0.2, 0) is 26.2 Å². The van der Waals surface area contributed by atoms with Crippen LogP contribution >= 0.6 is 0 Å². The molecule has 14 radical (unpaired) electrons. The quantitative estimate of drug-likeness (QED) is 0.657. The van der Waals surface area contributed by atoms with Crippen LogP contribution in [0.2, 0.25) is 0 Å². The Morgan fingerprint density at radius 3 is 1.37 bits per heavy atom. The average molecular weight is 332 g/mol. The molecule has 0 aromatic heterocycles. The second kappa shape index (κ2) is 18.9. The molecule has 0 unspecified atom stereocenters. The molecule has 2 rings (SSSR count). The Morgan fingerprint density at radius 2 is 1.16 bits per heavy atom. The molecule has 0 spiro atoms. The minimum absolute atomic E-state index is 0. The molecule has 0 N–H and O–H groups in total. The van der Waals surface area contributed by atoms with Gasteiger partial charge in [-0.25, -0.2) is 0 Å². The molecule has 0 aromatic carbocycles. The normalized spacial score (nSPS) is 17.1. The first-order chi connectivity index (χ1) is 8.77. The Morgan fingerprint density at radius 1 is 0.842 bits per heavy atom. The molecule has 0 nitrogen and oxygen atoms in total. The molecule has 2 aliphatic carbocycles. The van der Waals surface area contributed by atoms with Crippen LogP contribution in [0.5, 0.6) is 0 Å². The van der Waals surface area contributed by atoms with Gasteiger partial charge in [0.2, 0.25) is 0 Å². The third-order valence-electron chi connectivity index (χ3n) is 1.97. The van der Waals surface area contributed by atoms with Crippen molar-refractivity contribution < 1.29 is 26.2 Å². The zero-order chi connectivity index (χ0) is 13.5. The fourth-order valence-corrected chi connectivity index (χ4v) is 1.09. The van der Waals surface area contributed by atoms with Crippen LogP contribution in [-0.4, -0.2) is 0 Å². The van der Waals surface area contributed by atoms with E-state index in [0.717, 1.165) is 5.92 Å². The summed E-state index contributed by atoms with van der Waals surface area (Å²) >= 11 is 0. The fourth-order valence-electron chi connectivity index (χ4n) is 1.09. The first-order valence-electron chi connectivity index (χ1n) is 6.42. The topological polar surface area (TPSA) is 0 Å². The molecule has 0 heterocycles. The Balaban J connectivity index is 0. The molecular weight excluding hydrogens is 307 g/mol. The van der Waals surface area contributed by atoms with Gasteiger partial charge in [0, 0.05) is 26.2 Å². The molecule has 0 amide bonds. The van der Waals surface area contributed by atoms with Gasteiger partial charge in [0.1, 0.15) is 0 Å². The molecule has 0 bridgehead atoms. The van der Waals surface area contributed by atoms with E-state index < -0.39 is 0 Å². The van der Waals surface area contributed by atoms with Gasteiger partial charge in [-0.05, 0) is 89.9 Å². The molecule has 0 saturated heterocycles. The van der Waals surface area contributed by atoms with Crippen LogP contribution in [0, 0.1) is 89.9 Å². The maximum atomic E-state index is 3.74. The van der Waals surface area contributed by atoms with Crippen LogP contribution in [0.15, 0.2) is 0 Å². The summed E-state index contributed by atoms with van der Waals surface area (Å²) in [5, 5.41) is 0. The summed E-state index contributed by atoms with van der Waals surface area (Å²) in [6.45, 7) is 7.92. The van der Waals surface area contributed by atoms with E-state index in [-0.39, 0.29) is 26.2 Å². The van der Waals surface area contributed by atoms with Crippen molar-refractivity contribution in [3.63, 3.8) is 0 Å². The smallest absolute Gasteiger partial charge is 0 e. The van der Waals surface area contributed by atoms with Crippen molar-refractivity contribution in [1.29, 1.82) is 0 Å². The van der Waals surface area contributed by atoms with Crippen LogP contribution in [0.4, 0.5) is 0 Å². The van der Waals surface area contributed by atoms with E-state index in [4.69, 9.17) is 0 Å². The van der Waals surface area contributed by atoms with Gasteiger partial charge in [0.25, 0.3) is 0 Å². The Kier molecular flexibility index (Phi) is 22.0. The summed E-state index contributed by atoms with van der Waals surface area (Å²) < 4.78 is 0. The van der Waals surface area contributed by atoms with Gasteiger partial charge >= 0.3 is 0 Å². The van der Waals surface area contributed by atoms with Gasteiger partial charge in [-0.3, -0.25) is 0 Å². The Bertz CT molecular complexity index is 109. The number of unbranched alkanes of at least 4 members (excludes halogenated alkanes) is 2. The van der Waals surface area contributed by atoms with Crippen LogP contribution in [0.25, 0.3) is 0 Å². The van der Waals surface area contributed by atoms with E-state index in [1.54, 1.807) is 0 Å². The van der Waals surface area contributed by atoms with E-state index in [9.17, 15) is 0 Å². The largest absolute Gasteiger partial charge is 0.0654 e. The first kappa shape index (κ1) is 22.2. The second-order valence-corrected chi connectivity index (χ2v) is 3.96. The van der Waals surface area contributed by atoms with E-state index in [2.05, 4.69) is 26.7 Å². The minimum atomic E-state index is 0. The van der Waals surface area contributed by atoms with Gasteiger partial charge in [0.15, 0.2) is 0 Å². The maximum Gasteiger partial charge on any atom is 0 e. The van der Waals surface area contributed by atoms with Crippen molar-refractivity contribution in [2.24, 2.45) is 0 Å². The number of hydrogen-bond acceptors (Lipinski definition) is 0. The van der Waals surface area contributed by atoms with Crippen LogP contribution < -0.4 is 0 Å². The van der Waals surface area contributed by atoms with Gasteiger partial charge < -0.3 is 0 Å². The molecule has 2 fully saturated rings. The second-order valence-electron chi connectivity index (χ2n) is 3.96. The van der Waals surface area contributed by atoms with Gasteiger partial charge in [0.05, 0.1) is 0 Å². The molecule has 2 aliphatic rings. The predicted octanol–water partition coefficient (Wildman–Crippen LogP) is 4.66. The van der Waals surface area contributed by atoms with Crippen LogP contribution in [0.3, 0.4) is 0 Å². The van der Waals surface area contributed by atoms with Crippen molar-refractivity contribution in [3.05, 3.63) is 89.9 Å². The predicted molar refractivity (Wildman–Crippen MR) is 80.8 cm³/mol. The standard InChI is InChI=1S/C8H14.2C5H5.Zr/c1-4-5-6-7-8(2)3;2*1-2-4-5-3-1;/h6-7H,2,4-5H2,1,3H3;2*1-5H;. The Labute approximate surface area is 142 Å². The minimum Gasteiger partial charge on any atom is -0.0654 e. The molecular formula is C18H24Zr. The summed E-state index contributed by atoms with van der Waals surface area (Å²) in [6, 6.07) is 0. The molecule has 0 atom stereocenters. The molecule has 2 saturated carbocycles. The molecule has 19 heavy (non-hydrogen) atoms. The molecule has 0 aliphatic heterocycles. The third kappa shape index (κ3) is 21.3. The van der Waals surface area contributed by atoms with Crippen LogP contribution in [0.1, 0.15) is 26.7 Å². The summed E-state index contributed by atoms with van der Waals surface area (Å²) in [5.74, 6) is 1.14. The maximum absolute atomic E-state index is 3.74. The van der Waals surface area contributed by atoms with E-state index in [1.807, 2.05) is 71.1 Å². The Hall–Kier alpha value is 0.883. The van der Waals surface area contributed by atoms with Crippen molar-refractivity contribution >= 4 is 0 Å². The van der Waals surface area contributed by atoms with Crippen molar-refractivity contribution in [2.45, 2.75) is 26.7 Å². The third-order valence-corrected chi connectivity index (χ3v) is 1.97. The van der Waals surface area contributed by atoms with Crippen molar-refractivity contribution in [3.8, 4) is 0 Å². The van der Waals surface area contributed by atoms with E-state index >= 15 is 0 Å². The fraction of sp³-hybridized carbons (Fsp3) is 0.222. The number of hydrogen-bond donors (Lipinski definition) is 0. The zero-order valence-electron chi connectivity index (χ0n) is 12.0. The molecule has 100 valence electrons. The van der Waals surface area contributed by atoms with Gasteiger partial charge in [-0.15, -0.1) is 0 Å². The van der Waals surface area contributed by atoms with E-state index in [1.165, 1.54) is 12.8 Å². The van der Waals surface area contributed by atoms with Gasteiger partial charge in [-0.2, -0.15) is 0 Å². The monoisotopic (exact) mass is 330 g/mol. The summed E-state index contributed by atoms with van der Waals surface area (Å²) in [6.07, 6.45) is 26.6. The SMILES string of the molecule is [CH2][C](C)[CH][CH]CCC.[CH]1[CH][CH][CH][CH]1.[CH]1[CH][CH][CH][CH]1.[Zr]. The average Bonchev–Trinajstić information content (AvgIpc) is 3.08. The summed E-state index contributed by atoms with van der Waals surface area (Å²) in [4.78, 5) is 0.